The molecule has 4 N–H and O–H groups in total. The van der Waals surface area contributed by atoms with E-state index in [0.29, 0.717) is 11.6 Å². The van der Waals surface area contributed by atoms with Crippen molar-refractivity contribution < 1.29 is 5.11 Å². The molecule has 3 heterocycles. The summed E-state index contributed by atoms with van der Waals surface area (Å²) < 4.78 is 1.02. The fourth-order valence-electron chi connectivity index (χ4n) is 3.33. The molecule has 0 fully saturated rings. The van der Waals surface area contributed by atoms with Crippen molar-refractivity contribution in [3.63, 3.8) is 0 Å². The van der Waals surface area contributed by atoms with E-state index in [4.69, 9.17) is 11.6 Å². The largest absolute Gasteiger partial charge is 0.494 e. The number of aromatic hydroxyl groups is 1. The number of aromatic nitrogens is 3. The van der Waals surface area contributed by atoms with Crippen LogP contribution in [0, 0.1) is 0 Å². The third kappa shape index (κ3) is 2.09. The molecule has 3 aromatic rings. The van der Waals surface area contributed by atoms with Crippen molar-refractivity contribution in [3.05, 3.63) is 60.9 Å². The van der Waals surface area contributed by atoms with E-state index >= 15 is 0 Å². The molecule has 0 radical (unpaired) electrons. The third-order valence-electron chi connectivity index (χ3n) is 4.53. The van der Waals surface area contributed by atoms with Crippen LogP contribution in [0.15, 0.2) is 27.8 Å². The van der Waals surface area contributed by atoms with Crippen molar-refractivity contribution in [2.45, 2.75) is 12.5 Å². The number of hydrogen-bond donors (Lipinski definition) is 4. The molecule has 0 aliphatic carbocycles. The minimum atomic E-state index is -0.652. The number of aromatic amines is 2. The number of nitrogens with zero attached hydrogens (tertiary/aromatic N) is 1. The molecule has 0 unspecified atom stereocenters. The van der Waals surface area contributed by atoms with E-state index in [-0.39, 0.29) is 11.4 Å². The van der Waals surface area contributed by atoms with Gasteiger partial charge in [0.15, 0.2) is 0 Å². The fraction of sp³-hybridized carbons (Fsp3) is 0.250. The van der Waals surface area contributed by atoms with Gasteiger partial charge in [0.1, 0.15) is 5.56 Å². The molecule has 24 heavy (non-hydrogen) atoms. The first-order chi connectivity index (χ1) is 11.5. The van der Waals surface area contributed by atoms with E-state index in [1.165, 1.54) is 7.05 Å². The van der Waals surface area contributed by atoms with Gasteiger partial charge in [-0.1, -0.05) is 11.6 Å². The summed E-state index contributed by atoms with van der Waals surface area (Å²) in [5.74, 6) is -0.342. The molecule has 4 rings (SSSR count). The molecule has 1 aliphatic heterocycles. The molecular formula is C16H15ClN4O3. The highest BCUT2D eigenvalue weighted by atomic mass is 35.5. The first kappa shape index (κ1) is 15.0. The summed E-state index contributed by atoms with van der Waals surface area (Å²) in [6, 6.07) is 5.04. The first-order valence-electron chi connectivity index (χ1n) is 7.53. The van der Waals surface area contributed by atoms with Gasteiger partial charge in [-0.3, -0.25) is 14.3 Å². The number of benzene rings is 1. The van der Waals surface area contributed by atoms with Crippen molar-refractivity contribution in [2.75, 3.05) is 6.54 Å². The Balaban J connectivity index is 1.99. The van der Waals surface area contributed by atoms with E-state index in [9.17, 15) is 14.7 Å². The molecule has 0 spiro atoms. The molecule has 8 heteroatoms. The summed E-state index contributed by atoms with van der Waals surface area (Å²) >= 11 is 6.10. The molecule has 0 saturated heterocycles. The second-order valence-electron chi connectivity index (χ2n) is 5.90. The van der Waals surface area contributed by atoms with Gasteiger partial charge >= 0.3 is 5.69 Å². The molecule has 0 amide bonds. The summed E-state index contributed by atoms with van der Waals surface area (Å²) in [7, 11) is 1.41. The molecule has 0 bridgehead atoms. The summed E-state index contributed by atoms with van der Waals surface area (Å²) in [5, 5.41) is 15.2. The Morgan fingerprint density at radius 2 is 2.08 bits per heavy atom. The summed E-state index contributed by atoms with van der Waals surface area (Å²) in [4.78, 5) is 29.5. The Kier molecular flexibility index (Phi) is 3.29. The van der Waals surface area contributed by atoms with E-state index in [1.54, 1.807) is 6.07 Å². The highest BCUT2D eigenvalue weighted by molar-refractivity contribution is 6.31. The van der Waals surface area contributed by atoms with Crippen molar-refractivity contribution in [1.29, 1.82) is 0 Å². The molecule has 1 aromatic carbocycles. The van der Waals surface area contributed by atoms with Crippen LogP contribution < -0.4 is 16.6 Å². The van der Waals surface area contributed by atoms with Crippen LogP contribution in [-0.4, -0.2) is 26.2 Å². The van der Waals surface area contributed by atoms with Gasteiger partial charge in [-0.25, -0.2) is 4.79 Å². The molecule has 1 aliphatic rings. The Bertz CT molecular complexity index is 1080. The maximum Gasteiger partial charge on any atom is 0.330 e. The van der Waals surface area contributed by atoms with Crippen LogP contribution in [0.1, 0.15) is 22.9 Å². The van der Waals surface area contributed by atoms with Crippen LogP contribution in [0.25, 0.3) is 10.9 Å². The number of rotatable bonds is 1. The molecule has 124 valence electrons. The van der Waals surface area contributed by atoms with Gasteiger partial charge in [0.05, 0.1) is 6.04 Å². The molecule has 2 aromatic heterocycles. The quantitative estimate of drug-likeness (QED) is 0.530. The SMILES string of the molecule is Cn1c(O)c([C@H]2NCCc3c2[nH]c2ccc(Cl)cc32)c(=O)[nH]c1=O. The van der Waals surface area contributed by atoms with Crippen LogP contribution in [0.2, 0.25) is 5.02 Å². The lowest BCUT2D eigenvalue weighted by Crippen LogP contribution is -2.38. The van der Waals surface area contributed by atoms with Gasteiger partial charge in [0.25, 0.3) is 5.56 Å². The average Bonchev–Trinajstić information content (AvgIpc) is 2.92. The second kappa shape index (κ2) is 5.25. The highest BCUT2D eigenvalue weighted by Gasteiger charge is 2.30. The monoisotopic (exact) mass is 346 g/mol. The number of H-pyrrole nitrogens is 2. The maximum atomic E-state index is 12.3. The molecular weight excluding hydrogens is 332 g/mol. The minimum absolute atomic E-state index is 0.121. The van der Waals surface area contributed by atoms with E-state index in [2.05, 4.69) is 15.3 Å². The van der Waals surface area contributed by atoms with Gasteiger partial charge in [-0.15, -0.1) is 0 Å². The zero-order chi connectivity index (χ0) is 17.0. The predicted molar refractivity (Wildman–Crippen MR) is 90.8 cm³/mol. The second-order valence-corrected chi connectivity index (χ2v) is 6.34. The predicted octanol–water partition coefficient (Wildman–Crippen LogP) is 1.15. The lowest BCUT2D eigenvalue weighted by atomic mass is 9.95. The maximum absolute atomic E-state index is 12.3. The van der Waals surface area contributed by atoms with Gasteiger partial charge in [-0.2, -0.15) is 0 Å². The van der Waals surface area contributed by atoms with E-state index < -0.39 is 17.3 Å². The van der Waals surface area contributed by atoms with Crippen molar-refractivity contribution in [1.82, 2.24) is 19.9 Å². The lowest BCUT2D eigenvalue weighted by molar-refractivity contribution is 0.398. The summed E-state index contributed by atoms with van der Waals surface area (Å²) in [6.07, 6.45) is 0.774. The van der Waals surface area contributed by atoms with E-state index in [1.807, 2.05) is 12.1 Å². The minimum Gasteiger partial charge on any atom is -0.494 e. The number of nitrogens with one attached hydrogen (secondary N) is 3. The average molecular weight is 347 g/mol. The zero-order valence-corrected chi connectivity index (χ0v) is 13.6. The number of fused-ring (bicyclic) bond motifs is 3. The number of hydrogen-bond acceptors (Lipinski definition) is 4. The Morgan fingerprint density at radius 3 is 2.88 bits per heavy atom. The van der Waals surface area contributed by atoms with Crippen molar-refractivity contribution >= 4 is 22.5 Å². The van der Waals surface area contributed by atoms with E-state index in [0.717, 1.165) is 33.1 Å². The highest BCUT2D eigenvalue weighted by Crippen LogP contribution is 2.35. The van der Waals surface area contributed by atoms with Crippen LogP contribution in [0.3, 0.4) is 0 Å². The topological polar surface area (TPSA) is 103 Å². The Morgan fingerprint density at radius 1 is 1.29 bits per heavy atom. The Hall–Kier alpha value is -2.51. The fourth-order valence-corrected chi connectivity index (χ4v) is 3.51. The van der Waals surface area contributed by atoms with Crippen LogP contribution in [-0.2, 0) is 13.5 Å². The van der Waals surface area contributed by atoms with Crippen LogP contribution >= 0.6 is 11.6 Å². The first-order valence-corrected chi connectivity index (χ1v) is 7.90. The van der Waals surface area contributed by atoms with Crippen molar-refractivity contribution in [3.8, 4) is 5.88 Å². The normalized spacial score (nSPS) is 17.2. The standard InChI is InChI=1S/C16H15ClN4O3/c1-21-15(23)11(14(22)20-16(21)24)13-12-8(4-5-18-13)9-6-7(17)2-3-10(9)19-12/h2-3,6,13,18-19,23H,4-5H2,1H3,(H,20,22,24)/t13-/m1/s1. The summed E-state index contributed by atoms with van der Waals surface area (Å²) in [5.41, 5.74) is 1.65. The van der Waals surface area contributed by atoms with Gasteiger partial charge < -0.3 is 15.4 Å². The number of halogens is 1. The van der Waals surface area contributed by atoms with Crippen LogP contribution in [0.4, 0.5) is 0 Å². The Labute approximate surface area is 140 Å². The van der Waals surface area contributed by atoms with Crippen molar-refractivity contribution in [2.24, 2.45) is 7.05 Å². The third-order valence-corrected chi connectivity index (χ3v) is 4.77. The van der Waals surface area contributed by atoms with Gasteiger partial charge in [-0.05, 0) is 30.2 Å². The van der Waals surface area contributed by atoms with Gasteiger partial charge in [0.2, 0.25) is 5.88 Å². The molecule has 1 atom stereocenters. The molecule has 7 nitrogen and oxygen atoms in total. The van der Waals surface area contributed by atoms with Gasteiger partial charge in [0, 0.05) is 35.2 Å². The smallest absolute Gasteiger partial charge is 0.330 e. The lowest BCUT2D eigenvalue weighted by Gasteiger charge is -2.25. The van der Waals surface area contributed by atoms with Crippen LogP contribution in [0.5, 0.6) is 5.88 Å². The summed E-state index contributed by atoms with van der Waals surface area (Å²) in [6.45, 7) is 0.638. The molecule has 0 saturated carbocycles. The zero-order valence-electron chi connectivity index (χ0n) is 12.8.